The minimum absolute atomic E-state index is 0.337. The van der Waals surface area contributed by atoms with Crippen molar-refractivity contribution in [2.24, 2.45) is 5.73 Å². The summed E-state index contributed by atoms with van der Waals surface area (Å²) in [6, 6.07) is 8.05. The number of benzene rings is 1. The fourth-order valence-electron chi connectivity index (χ4n) is 2.82. The molecule has 0 fully saturated rings. The summed E-state index contributed by atoms with van der Waals surface area (Å²) in [5.74, 6) is -0.753. The molecule has 1 aliphatic rings. The summed E-state index contributed by atoms with van der Waals surface area (Å²) in [5.41, 5.74) is 6.25. The first-order valence-corrected chi connectivity index (χ1v) is 7.40. The number of carbonyl (C=O) groups is 1. The van der Waals surface area contributed by atoms with Crippen LogP contribution < -0.4 is 11.1 Å². The molecule has 2 aromatic rings. The highest BCUT2D eigenvalue weighted by molar-refractivity contribution is 7.10. The molecule has 3 nitrogen and oxygen atoms in total. The zero-order valence-corrected chi connectivity index (χ0v) is 11.7. The number of thiophene rings is 1. The van der Waals surface area contributed by atoms with Gasteiger partial charge in [-0.05, 0) is 48.9 Å². The second-order valence-corrected chi connectivity index (χ2v) is 6.02. The van der Waals surface area contributed by atoms with Gasteiger partial charge in [-0.25, -0.2) is 4.39 Å². The van der Waals surface area contributed by atoms with Crippen molar-refractivity contribution in [3.63, 3.8) is 0 Å². The maximum atomic E-state index is 13.3. The summed E-state index contributed by atoms with van der Waals surface area (Å²) in [7, 11) is 0. The number of nitrogens with one attached hydrogen (secondary N) is 1. The van der Waals surface area contributed by atoms with Crippen LogP contribution in [0, 0.1) is 5.82 Å². The first-order chi connectivity index (χ1) is 9.62. The fourth-order valence-corrected chi connectivity index (χ4v) is 3.82. The predicted octanol–water partition coefficient (Wildman–Crippen LogP) is 3.02. The van der Waals surface area contributed by atoms with E-state index in [0.29, 0.717) is 12.1 Å². The molecule has 0 bridgehead atoms. The molecule has 1 aliphatic carbocycles. The lowest BCUT2D eigenvalue weighted by molar-refractivity contribution is -0.123. The van der Waals surface area contributed by atoms with Crippen molar-refractivity contribution in [3.8, 4) is 0 Å². The van der Waals surface area contributed by atoms with Gasteiger partial charge >= 0.3 is 0 Å². The molecule has 0 aliphatic heterocycles. The lowest BCUT2D eigenvalue weighted by atomic mass is 9.79. The van der Waals surface area contributed by atoms with E-state index in [9.17, 15) is 9.18 Å². The number of hydrogen-bond acceptors (Lipinski definition) is 3. The van der Waals surface area contributed by atoms with Gasteiger partial charge < -0.3 is 11.1 Å². The maximum absolute atomic E-state index is 13.3. The molecule has 1 atom stereocenters. The summed E-state index contributed by atoms with van der Waals surface area (Å²) in [6.07, 6.45) is 2.48. The van der Waals surface area contributed by atoms with Crippen LogP contribution in [0.25, 0.3) is 0 Å². The highest BCUT2D eigenvalue weighted by atomic mass is 32.1. The molecule has 3 rings (SSSR count). The summed E-state index contributed by atoms with van der Waals surface area (Å²) in [6.45, 7) is 0. The van der Waals surface area contributed by atoms with Crippen molar-refractivity contribution in [1.29, 1.82) is 0 Å². The summed E-state index contributed by atoms with van der Waals surface area (Å²) in [5, 5.41) is 5.14. The molecular formula is C15H15FN2OS. The quantitative estimate of drug-likeness (QED) is 0.913. The van der Waals surface area contributed by atoms with Gasteiger partial charge in [0.15, 0.2) is 0 Å². The van der Waals surface area contributed by atoms with Crippen molar-refractivity contribution in [2.45, 2.75) is 24.8 Å². The Morgan fingerprint density at radius 1 is 1.40 bits per heavy atom. The van der Waals surface area contributed by atoms with E-state index >= 15 is 0 Å². The van der Waals surface area contributed by atoms with Crippen LogP contribution in [0.15, 0.2) is 35.7 Å². The van der Waals surface area contributed by atoms with E-state index in [0.717, 1.165) is 18.4 Å². The Hall–Kier alpha value is -1.88. The highest BCUT2D eigenvalue weighted by Crippen LogP contribution is 2.40. The van der Waals surface area contributed by atoms with E-state index in [2.05, 4.69) is 5.32 Å². The Kier molecular flexibility index (Phi) is 3.22. The van der Waals surface area contributed by atoms with Gasteiger partial charge in [-0.2, -0.15) is 0 Å². The monoisotopic (exact) mass is 290 g/mol. The van der Waals surface area contributed by atoms with Crippen LogP contribution in [0.2, 0.25) is 0 Å². The average molecular weight is 290 g/mol. The van der Waals surface area contributed by atoms with Crippen molar-refractivity contribution < 1.29 is 9.18 Å². The van der Waals surface area contributed by atoms with Gasteiger partial charge in [0.05, 0.1) is 0 Å². The van der Waals surface area contributed by atoms with Gasteiger partial charge in [-0.1, -0.05) is 6.07 Å². The normalized spacial score (nSPS) is 21.2. The number of carbonyl (C=O) groups excluding carboxylic acids is 1. The van der Waals surface area contributed by atoms with Crippen molar-refractivity contribution in [3.05, 3.63) is 52.0 Å². The van der Waals surface area contributed by atoms with Crippen LogP contribution in [0.5, 0.6) is 0 Å². The zero-order valence-electron chi connectivity index (χ0n) is 10.9. The van der Waals surface area contributed by atoms with Crippen LogP contribution in [-0.4, -0.2) is 5.91 Å². The molecule has 0 saturated heterocycles. The third kappa shape index (κ3) is 2.08. The van der Waals surface area contributed by atoms with Gasteiger partial charge in [0.2, 0.25) is 5.91 Å². The van der Waals surface area contributed by atoms with E-state index in [1.807, 2.05) is 11.4 Å². The number of hydrogen-bond donors (Lipinski definition) is 2. The molecule has 0 radical (unpaired) electrons. The maximum Gasteiger partial charge on any atom is 0.247 e. The Morgan fingerprint density at radius 3 is 3.00 bits per heavy atom. The van der Waals surface area contributed by atoms with Crippen LogP contribution in [-0.2, 0) is 16.8 Å². The molecule has 1 aromatic heterocycles. The van der Waals surface area contributed by atoms with Crippen LogP contribution >= 0.6 is 11.3 Å². The Morgan fingerprint density at radius 2 is 2.25 bits per heavy atom. The van der Waals surface area contributed by atoms with Crippen LogP contribution in [0.3, 0.4) is 0 Å². The number of rotatable bonds is 3. The first kappa shape index (κ1) is 13.1. The molecule has 1 unspecified atom stereocenters. The van der Waals surface area contributed by atoms with Crippen LogP contribution in [0.1, 0.15) is 23.3 Å². The molecule has 1 aromatic carbocycles. The molecule has 1 heterocycles. The van der Waals surface area contributed by atoms with Crippen molar-refractivity contribution in [2.75, 3.05) is 5.32 Å². The van der Waals surface area contributed by atoms with Gasteiger partial charge in [-0.15, -0.1) is 11.3 Å². The number of aryl methyl sites for hydroxylation is 1. The second kappa shape index (κ2) is 4.90. The van der Waals surface area contributed by atoms with Gasteiger partial charge in [0, 0.05) is 16.1 Å². The largest absolute Gasteiger partial charge is 0.367 e. The third-order valence-corrected chi connectivity index (χ3v) is 4.74. The zero-order chi connectivity index (χ0) is 14.2. The molecule has 0 saturated carbocycles. The SMILES string of the molecule is NC(=O)C1(Nc2cccc(F)c2)CCCc2sccc21. The van der Waals surface area contributed by atoms with Crippen LogP contribution in [0.4, 0.5) is 10.1 Å². The van der Waals surface area contributed by atoms with Gasteiger partial charge in [-0.3, -0.25) is 4.79 Å². The minimum atomic E-state index is -0.929. The van der Waals surface area contributed by atoms with E-state index in [4.69, 9.17) is 5.73 Å². The molecule has 0 spiro atoms. The standard InChI is InChI=1S/C15H15FN2OS/c16-10-3-1-4-11(9-10)18-15(14(17)19)7-2-5-13-12(15)6-8-20-13/h1,3-4,6,8-9,18H,2,5,7H2,(H2,17,19). The number of amides is 1. The molecular weight excluding hydrogens is 275 g/mol. The average Bonchev–Trinajstić information content (AvgIpc) is 2.88. The number of primary amides is 1. The molecule has 104 valence electrons. The molecule has 5 heteroatoms. The third-order valence-electron chi connectivity index (χ3n) is 3.76. The number of nitrogens with two attached hydrogens (primary N) is 1. The summed E-state index contributed by atoms with van der Waals surface area (Å²) in [4.78, 5) is 13.3. The lowest BCUT2D eigenvalue weighted by Crippen LogP contribution is -2.49. The number of halogens is 1. The van der Waals surface area contributed by atoms with Gasteiger partial charge in [0.25, 0.3) is 0 Å². The Labute approximate surface area is 120 Å². The smallest absolute Gasteiger partial charge is 0.247 e. The molecule has 20 heavy (non-hydrogen) atoms. The summed E-state index contributed by atoms with van der Waals surface area (Å²) < 4.78 is 13.3. The fraction of sp³-hybridized carbons (Fsp3) is 0.267. The molecule has 3 N–H and O–H groups in total. The van der Waals surface area contributed by atoms with Crippen molar-refractivity contribution >= 4 is 22.9 Å². The molecule has 1 amide bonds. The van der Waals surface area contributed by atoms with E-state index in [-0.39, 0.29) is 5.82 Å². The Balaban J connectivity index is 2.05. The second-order valence-electron chi connectivity index (χ2n) is 5.02. The highest BCUT2D eigenvalue weighted by Gasteiger charge is 2.42. The van der Waals surface area contributed by atoms with E-state index in [1.54, 1.807) is 23.5 Å². The summed E-state index contributed by atoms with van der Waals surface area (Å²) >= 11 is 1.64. The lowest BCUT2D eigenvalue weighted by Gasteiger charge is -2.36. The number of fused-ring (bicyclic) bond motifs is 1. The van der Waals surface area contributed by atoms with E-state index in [1.165, 1.54) is 17.0 Å². The first-order valence-electron chi connectivity index (χ1n) is 6.52. The van der Waals surface area contributed by atoms with Crippen molar-refractivity contribution in [1.82, 2.24) is 0 Å². The Bertz CT molecular complexity index is 655. The van der Waals surface area contributed by atoms with E-state index < -0.39 is 11.4 Å². The topological polar surface area (TPSA) is 55.1 Å². The predicted molar refractivity (Wildman–Crippen MR) is 78.2 cm³/mol. The number of anilines is 1. The van der Waals surface area contributed by atoms with Gasteiger partial charge in [0.1, 0.15) is 11.4 Å². The minimum Gasteiger partial charge on any atom is -0.367 e.